The molecule has 7 nitrogen and oxygen atoms in total. The largest absolute Gasteiger partial charge is 0.507 e. The van der Waals surface area contributed by atoms with Gasteiger partial charge in [-0.3, -0.25) is 9.54 Å². The molecule has 0 aliphatic rings. The molecule has 8 heteroatoms. The number of carboxylic acid groups (broad SMARTS) is 1. The Morgan fingerprint density at radius 3 is 2.58 bits per heavy atom. The van der Waals surface area contributed by atoms with Crippen molar-refractivity contribution >= 4 is 39.5 Å². The van der Waals surface area contributed by atoms with Gasteiger partial charge in [-0.2, -0.15) is 0 Å². The second-order valence-electron chi connectivity index (χ2n) is 4.88. The van der Waals surface area contributed by atoms with Crippen LogP contribution in [0.2, 0.25) is 0 Å². The lowest BCUT2D eigenvalue weighted by atomic mass is 10.1. The van der Waals surface area contributed by atoms with Crippen LogP contribution in [-0.4, -0.2) is 29.9 Å². The number of pyridine rings is 1. The van der Waals surface area contributed by atoms with Gasteiger partial charge >= 0.3 is 5.97 Å². The maximum Gasteiger partial charge on any atom is 0.339 e. The van der Waals surface area contributed by atoms with E-state index in [9.17, 15) is 18.7 Å². The van der Waals surface area contributed by atoms with Crippen LogP contribution < -0.4 is 4.31 Å². The fourth-order valence-electron chi connectivity index (χ4n) is 2.39. The Kier molecular flexibility index (Phi) is 4.15. The number of nitrogens with zero attached hydrogens (tertiary/aromatic N) is 2. The zero-order valence-corrected chi connectivity index (χ0v) is 13.0. The molecule has 1 atom stereocenters. The van der Waals surface area contributed by atoms with E-state index in [-0.39, 0.29) is 11.3 Å². The zero-order valence-electron chi connectivity index (χ0n) is 12.2. The predicted octanol–water partition coefficient (Wildman–Crippen LogP) is 2.91. The average molecular weight is 344 g/mol. The van der Waals surface area contributed by atoms with Crippen molar-refractivity contribution in [2.45, 2.75) is 0 Å². The normalized spacial score (nSPS) is 12.0. The summed E-state index contributed by atoms with van der Waals surface area (Å²) < 4.78 is 22.7. The SMILES string of the molecule is O=C(O)c1cc(N(c2cccc3cccnc23)S(=O)O)ccc1O. The van der Waals surface area contributed by atoms with Crippen LogP contribution in [0.4, 0.5) is 11.4 Å². The zero-order chi connectivity index (χ0) is 17.3. The van der Waals surface area contributed by atoms with E-state index in [1.54, 1.807) is 24.4 Å². The number of hydrogen-bond donors (Lipinski definition) is 3. The molecule has 1 aromatic heterocycles. The topological polar surface area (TPSA) is 111 Å². The van der Waals surface area contributed by atoms with E-state index in [0.29, 0.717) is 11.2 Å². The highest BCUT2D eigenvalue weighted by Gasteiger charge is 2.21. The molecule has 0 amide bonds. The molecule has 122 valence electrons. The Bertz CT molecular complexity index is 955. The lowest BCUT2D eigenvalue weighted by Gasteiger charge is -2.21. The summed E-state index contributed by atoms with van der Waals surface area (Å²) in [5.41, 5.74) is 0.614. The molecular formula is C16H12N2O5S. The molecule has 0 radical (unpaired) electrons. The molecule has 2 aromatic carbocycles. The standard InChI is InChI=1S/C16H12N2O5S/c19-14-7-6-11(9-12(14)16(20)21)18(24(22)23)13-5-1-3-10-4-2-8-17-15(10)13/h1-9,19H,(H,20,21)(H,22,23). The number of carboxylic acids is 1. The number of aromatic hydroxyl groups is 1. The molecule has 3 rings (SSSR count). The smallest absolute Gasteiger partial charge is 0.339 e. The average Bonchev–Trinajstić information content (AvgIpc) is 2.56. The van der Waals surface area contributed by atoms with Gasteiger partial charge in [0, 0.05) is 11.6 Å². The highest BCUT2D eigenvalue weighted by atomic mass is 32.2. The highest BCUT2D eigenvalue weighted by molar-refractivity contribution is 7.81. The molecule has 0 bridgehead atoms. The minimum Gasteiger partial charge on any atom is -0.507 e. The van der Waals surface area contributed by atoms with E-state index in [0.717, 1.165) is 21.8 Å². The van der Waals surface area contributed by atoms with Gasteiger partial charge in [-0.1, -0.05) is 18.2 Å². The molecular weight excluding hydrogens is 332 g/mol. The molecule has 24 heavy (non-hydrogen) atoms. The first kappa shape index (κ1) is 15.9. The first-order chi connectivity index (χ1) is 11.5. The molecule has 1 unspecified atom stereocenters. The maximum atomic E-state index is 11.9. The molecule has 3 N–H and O–H groups in total. The predicted molar refractivity (Wildman–Crippen MR) is 89.7 cm³/mol. The Morgan fingerprint density at radius 2 is 1.88 bits per heavy atom. The van der Waals surface area contributed by atoms with E-state index in [2.05, 4.69) is 4.98 Å². The summed E-state index contributed by atoms with van der Waals surface area (Å²) in [6.07, 6.45) is 1.56. The van der Waals surface area contributed by atoms with Crippen molar-refractivity contribution in [3.8, 4) is 5.75 Å². The molecule has 0 saturated carbocycles. The van der Waals surface area contributed by atoms with Gasteiger partial charge in [-0.05, 0) is 30.3 Å². The van der Waals surface area contributed by atoms with Crippen molar-refractivity contribution in [3.63, 3.8) is 0 Å². The number of phenols is 1. The van der Waals surface area contributed by atoms with Gasteiger partial charge in [0.05, 0.1) is 16.9 Å². The van der Waals surface area contributed by atoms with Crippen LogP contribution in [0.15, 0.2) is 54.7 Å². The number of para-hydroxylation sites is 1. The van der Waals surface area contributed by atoms with Gasteiger partial charge in [-0.15, -0.1) is 0 Å². The third kappa shape index (κ3) is 2.80. The van der Waals surface area contributed by atoms with Crippen molar-refractivity contribution in [3.05, 3.63) is 60.3 Å². The summed E-state index contributed by atoms with van der Waals surface area (Å²) in [6.45, 7) is 0. The van der Waals surface area contributed by atoms with E-state index in [4.69, 9.17) is 5.11 Å². The molecule has 0 aliphatic carbocycles. The van der Waals surface area contributed by atoms with Gasteiger partial charge in [0.2, 0.25) is 0 Å². The number of anilines is 2. The summed E-state index contributed by atoms with van der Waals surface area (Å²) in [5.74, 6) is -1.76. The molecule has 0 saturated heterocycles. The van der Waals surface area contributed by atoms with E-state index in [1.807, 2.05) is 12.1 Å². The van der Waals surface area contributed by atoms with Crippen LogP contribution >= 0.6 is 0 Å². The van der Waals surface area contributed by atoms with Crippen LogP contribution in [0.1, 0.15) is 10.4 Å². The van der Waals surface area contributed by atoms with Crippen LogP contribution in [-0.2, 0) is 11.3 Å². The Labute approximate surface area is 139 Å². The monoisotopic (exact) mass is 344 g/mol. The third-order valence-corrected chi connectivity index (χ3v) is 4.15. The van der Waals surface area contributed by atoms with E-state index < -0.39 is 23.0 Å². The summed E-state index contributed by atoms with van der Waals surface area (Å²) in [7, 11) is 0. The lowest BCUT2D eigenvalue weighted by Crippen LogP contribution is -2.20. The maximum absolute atomic E-state index is 11.9. The summed E-state index contributed by atoms with van der Waals surface area (Å²) in [6, 6.07) is 12.3. The van der Waals surface area contributed by atoms with Gasteiger partial charge in [0.15, 0.2) is 0 Å². The number of aromatic carboxylic acids is 1. The minimum absolute atomic E-state index is 0.143. The molecule has 1 heterocycles. The van der Waals surface area contributed by atoms with Crippen LogP contribution in [0, 0.1) is 0 Å². The number of carbonyl (C=O) groups is 1. The second-order valence-corrected chi connectivity index (χ2v) is 5.71. The van der Waals surface area contributed by atoms with Crippen LogP contribution in [0.5, 0.6) is 5.75 Å². The van der Waals surface area contributed by atoms with Crippen molar-refractivity contribution in [2.75, 3.05) is 4.31 Å². The number of rotatable bonds is 4. The first-order valence-electron chi connectivity index (χ1n) is 6.80. The van der Waals surface area contributed by atoms with E-state index in [1.165, 1.54) is 6.07 Å². The number of benzene rings is 2. The number of hydrogen-bond acceptors (Lipinski definition) is 4. The molecule has 0 aliphatic heterocycles. The number of fused-ring (bicyclic) bond motifs is 1. The van der Waals surface area contributed by atoms with E-state index >= 15 is 0 Å². The van der Waals surface area contributed by atoms with Crippen molar-refractivity contribution in [2.24, 2.45) is 0 Å². The van der Waals surface area contributed by atoms with Gasteiger partial charge in [0.1, 0.15) is 11.3 Å². The van der Waals surface area contributed by atoms with Crippen LogP contribution in [0.3, 0.4) is 0 Å². The lowest BCUT2D eigenvalue weighted by molar-refractivity contribution is 0.0693. The Balaban J connectivity index is 2.23. The van der Waals surface area contributed by atoms with Crippen molar-refractivity contribution in [1.29, 1.82) is 0 Å². The highest BCUT2D eigenvalue weighted by Crippen LogP contribution is 2.34. The molecule has 0 spiro atoms. The van der Waals surface area contributed by atoms with Crippen molar-refractivity contribution in [1.82, 2.24) is 4.98 Å². The van der Waals surface area contributed by atoms with Gasteiger partial charge in [-0.25, -0.2) is 13.3 Å². The van der Waals surface area contributed by atoms with Crippen LogP contribution in [0.25, 0.3) is 10.9 Å². The number of aromatic nitrogens is 1. The second kappa shape index (κ2) is 6.26. The Morgan fingerprint density at radius 1 is 1.12 bits per heavy atom. The molecule has 3 aromatic rings. The van der Waals surface area contributed by atoms with Gasteiger partial charge < -0.3 is 10.2 Å². The van der Waals surface area contributed by atoms with Gasteiger partial charge in [0.25, 0.3) is 11.3 Å². The summed E-state index contributed by atoms with van der Waals surface area (Å²) in [4.78, 5) is 15.4. The summed E-state index contributed by atoms with van der Waals surface area (Å²) >= 11 is -2.47. The third-order valence-electron chi connectivity index (χ3n) is 3.43. The van der Waals surface area contributed by atoms with Crippen molar-refractivity contribution < 1.29 is 23.8 Å². The minimum atomic E-state index is -2.47. The first-order valence-corrected chi connectivity index (χ1v) is 7.86. The summed E-state index contributed by atoms with van der Waals surface area (Å²) in [5, 5.41) is 19.5. The molecule has 0 fully saturated rings. The quantitative estimate of drug-likeness (QED) is 0.628. The Hall–Kier alpha value is -2.97. The fourth-order valence-corrected chi connectivity index (χ4v) is 3.00. The fraction of sp³-hybridized carbons (Fsp3) is 0.